The van der Waals surface area contributed by atoms with Crippen molar-refractivity contribution in [2.75, 3.05) is 57.2 Å². The van der Waals surface area contributed by atoms with Crippen LogP contribution in [0.15, 0.2) is 47.6 Å². The van der Waals surface area contributed by atoms with Gasteiger partial charge >= 0.3 is 18.8 Å². The summed E-state index contributed by atoms with van der Waals surface area (Å²) in [4.78, 5) is 60.4. The summed E-state index contributed by atoms with van der Waals surface area (Å²) in [6.45, 7) is 20.3. The second kappa shape index (κ2) is 24.0. The smallest absolute Gasteiger partial charge is 0.411 e. The predicted octanol–water partition coefficient (Wildman–Crippen LogP) is 9.70. The van der Waals surface area contributed by atoms with Crippen molar-refractivity contribution in [3.8, 4) is 17.2 Å². The Morgan fingerprint density at radius 1 is 1.00 bits per heavy atom. The number of nitrogens with one attached hydrogen (secondary N) is 2. The van der Waals surface area contributed by atoms with Gasteiger partial charge in [0.2, 0.25) is 0 Å². The number of ether oxygens (including phenoxy) is 4. The molecule has 5 rings (SSSR count). The summed E-state index contributed by atoms with van der Waals surface area (Å²) in [5.41, 5.74) is 1.90. The molecule has 0 spiro atoms. The third-order valence-electron chi connectivity index (χ3n) is 12.4. The van der Waals surface area contributed by atoms with E-state index < -0.39 is 26.4 Å². The third kappa shape index (κ3) is 14.2. The van der Waals surface area contributed by atoms with Crippen LogP contribution in [0.2, 0.25) is 25.0 Å². The maximum absolute atomic E-state index is 14.5. The minimum absolute atomic E-state index is 0.00773. The Bertz CT molecular complexity index is 2220. The number of amides is 3. The fourth-order valence-corrected chi connectivity index (χ4v) is 10.7. The van der Waals surface area contributed by atoms with Crippen molar-refractivity contribution in [2.45, 2.75) is 127 Å². The van der Waals surface area contributed by atoms with E-state index in [1.807, 2.05) is 23.6 Å². The molecule has 0 radical (unpaired) electrons. The van der Waals surface area contributed by atoms with Crippen LogP contribution in [0.5, 0.6) is 17.2 Å². The van der Waals surface area contributed by atoms with Gasteiger partial charge in [0, 0.05) is 60.9 Å². The lowest BCUT2D eigenvalue weighted by atomic mass is 9.87. The number of likely N-dealkylation sites (tertiary alicyclic amines) is 2. The fraction of sp³-hybridized carbons (Fsp3) is 0.565. The van der Waals surface area contributed by atoms with Gasteiger partial charge in [-0.25, -0.2) is 9.78 Å². The molecule has 21 heteroatoms. The Morgan fingerprint density at radius 2 is 1.63 bits per heavy atom. The topological polar surface area (TPSA) is 204 Å². The average molecular weight is 983 g/mol. The van der Waals surface area contributed by atoms with Gasteiger partial charge in [-0.05, 0) is 105 Å². The molecule has 0 unspecified atom stereocenters. The normalized spacial score (nSPS) is 16.6. The molecule has 0 aliphatic carbocycles. The first-order valence-corrected chi connectivity index (χ1v) is 28.1. The van der Waals surface area contributed by atoms with Gasteiger partial charge in [0.05, 0.1) is 54.7 Å². The van der Waals surface area contributed by atoms with Crippen molar-refractivity contribution in [3.05, 3.63) is 69.4 Å². The average Bonchev–Trinajstić information content (AvgIpc) is 3.97. The second-order valence-corrected chi connectivity index (χ2v) is 25.9. The second-order valence-electron chi connectivity index (χ2n) is 18.4. The number of aryl methyl sites for hydroxylation is 1. The Labute approximate surface area is 403 Å². The number of nitro groups is 1. The van der Waals surface area contributed by atoms with Crippen molar-refractivity contribution in [1.82, 2.24) is 14.8 Å². The van der Waals surface area contributed by atoms with Gasteiger partial charge in [0.1, 0.15) is 12.4 Å². The van der Waals surface area contributed by atoms with E-state index >= 15 is 0 Å². The summed E-state index contributed by atoms with van der Waals surface area (Å²) in [5.74, 6) is 0.834. The van der Waals surface area contributed by atoms with E-state index in [1.54, 1.807) is 31.1 Å². The van der Waals surface area contributed by atoms with Gasteiger partial charge in [-0.15, -0.1) is 0 Å². The molecular formula is C46H67BN6O11S2Si. The molecular weight excluding hydrogens is 916 g/mol. The first-order chi connectivity index (χ1) is 31.7. The van der Waals surface area contributed by atoms with Crippen molar-refractivity contribution in [1.29, 1.82) is 0 Å². The SMILES string of the molecule is CC[C@@H]1CCCN1C(=O)c1cc(OC)c(OCCCOc2cc(NC(=O)OC[C@@H](C)SSc3ncccc3[N+](=O)[O-])c(C(=O)N3CCC[C@H]3CO[Si](C)(C)C(C)(C)C)cc2C)cc1NB(C)O. The summed E-state index contributed by atoms with van der Waals surface area (Å²) < 4.78 is 30.2. The molecule has 2 aromatic carbocycles. The first-order valence-electron chi connectivity index (χ1n) is 22.9. The highest BCUT2D eigenvalue weighted by atomic mass is 33.1. The van der Waals surface area contributed by atoms with E-state index in [9.17, 15) is 29.5 Å². The Kier molecular flexibility index (Phi) is 19.1. The monoisotopic (exact) mass is 982 g/mol. The quantitative estimate of drug-likeness (QED) is 0.0282. The van der Waals surface area contributed by atoms with Crippen LogP contribution in [0.25, 0.3) is 0 Å². The lowest BCUT2D eigenvalue weighted by molar-refractivity contribution is -0.388. The van der Waals surface area contributed by atoms with E-state index in [0.29, 0.717) is 60.2 Å². The molecule has 3 N–H and O–H groups in total. The zero-order valence-electron chi connectivity index (χ0n) is 40.5. The van der Waals surface area contributed by atoms with E-state index in [4.69, 9.17) is 23.4 Å². The highest BCUT2D eigenvalue weighted by Crippen LogP contribution is 2.40. The predicted molar refractivity (Wildman–Crippen MR) is 268 cm³/mol. The number of anilines is 2. The highest BCUT2D eigenvalue weighted by molar-refractivity contribution is 8.77. The summed E-state index contributed by atoms with van der Waals surface area (Å²) in [5, 5.41) is 27.5. The molecule has 2 saturated heterocycles. The lowest BCUT2D eigenvalue weighted by Crippen LogP contribution is -2.46. The number of nitrogens with zero attached hydrogens (tertiary/aromatic N) is 4. The van der Waals surface area contributed by atoms with Crippen LogP contribution in [-0.2, 0) is 9.16 Å². The van der Waals surface area contributed by atoms with Gasteiger partial charge in [-0.2, -0.15) is 0 Å². The van der Waals surface area contributed by atoms with Gasteiger partial charge in [-0.1, -0.05) is 38.5 Å². The molecule has 67 heavy (non-hydrogen) atoms. The molecule has 17 nitrogen and oxygen atoms in total. The lowest BCUT2D eigenvalue weighted by Gasteiger charge is -2.38. The first kappa shape index (κ1) is 53.3. The molecule has 1 aromatic heterocycles. The zero-order valence-corrected chi connectivity index (χ0v) is 43.1. The van der Waals surface area contributed by atoms with Gasteiger partial charge in [0.15, 0.2) is 24.8 Å². The number of hydrogen-bond acceptors (Lipinski definition) is 15. The number of carbonyl (C=O) groups is 3. The molecule has 3 atom stereocenters. The van der Waals surface area contributed by atoms with Gasteiger partial charge in [0.25, 0.3) is 11.8 Å². The molecule has 2 fully saturated rings. The van der Waals surface area contributed by atoms with Crippen LogP contribution in [0.1, 0.15) is 99.4 Å². The van der Waals surface area contributed by atoms with Crippen LogP contribution in [0, 0.1) is 17.0 Å². The maximum Gasteiger partial charge on any atom is 0.411 e. The van der Waals surface area contributed by atoms with Crippen molar-refractivity contribution >= 4 is 71.9 Å². The molecule has 3 amide bonds. The van der Waals surface area contributed by atoms with Gasteiger partial charge < -0.3 is 43.4 Å². The van der Waals surface area contributed by atoms with Crippen LogP contribution < -0.4 is 24.8 Å². The van der Waals surface area contributed by atoms with Crippen LogP contribution in [-0.4, -0.2) is 122 Å². The van der Waals surface area contributed by atoms with Crippen molar-refractivity contribution in [2.24, 2.45) is 0 Å². The Balaban J connectivity index is 1.29. The number of methoxy groups -OCH3 is 1. The van der Waals surface area contributed by atoms with Crippen molar-refractivity contribution < 1.29 is 47.7 Å². The molecule has 3 aromatic rings. The largest absolute Gasteiger partial charge is 0.493 e. The summed E-state index contributed by atoms with van der Waals surface area (Å²) >= 11 is 0. The van der Waals surface area contributed by atoms with E-state index in [1.165, 1.54) is 36.2 Å². The zero-order chi connectivity index (χ0) is 49.1. The standard InChI is InChI=1S/C46H67BN6O11S2Si/c1-11-32-16-13-20-51(32)44(55)35-25-40(60-8)41(27-37(35)50-47(7)57)62-23-15-22-61-39-26-36(49-45(56)63-28-31(3)65-66-42-38(53(58)59)18-12-19-48-42)34(24-30(39)2)43(54)52-21-14-17-33(52)29-64-67(9,10)46(4,5)6/h12,18-19,24-27,31-33,50,57H,11,13-17,20-23,28-29H2,1-10H3,(H,49,56)/t31-,32-,33+/m1/s1. The fourth-order valence-electron chi connectivity index (χ4n) is 7.62. The highest BCUT2D eigenvalue weighted by Gasteiger charge is 2.40. The van der Waals surface area contributed by atoms with E-state index in [2.05, 4.69) is 56.3 Å². The summed E-state index contributed by atoms with van der Waals surface area (Å²) in [6.07, 6.45) is 5.49. The van der Waals surface area contributed by atoms with E-state index in [-0.39, 0.29) is 76.0 Å². The summed E-state index contributed by atoms with van der Waals surface area (Å²) in [7, 11) is 0.899. The number of carbonyl (C=O) groups excluding carboxylic acids is 3. The van der Waals surface area contributed by atoms with Crippen LogP contribution in [0.4, 0.5) is 21.9 Å². The van der Waals surface area contributed by atoms with Gasteiger partial charge in [-0.3, -0.25) is 25.0 Å². The molecule has 366 valence electrons. The number of benzene rings is 2. The van der Waals surface area contributed by atoms with Crippen LogP contribution >= 0.6 is 21.6 Å². The number of hydrogen-bond donors (Lipinski definition) is 3. The molecule has 0 bridgehead atoms. The van der Waals surface area contributed by atoms with Crippen molar-refractivity contribution in [3.63, 3.8) is 0 Å². The third-order valence-corrected chi connectivity index (χ3v) is 19.6. The molecule has 2 aliphatic heterocycles. The minimum atomic E-state index is -2.09. The minimum Gasteiger partial charge on any atom is -0.493 e. The Hall–Kier alpha value is -4.70. The maximum atomic E-state index is 14.5. The Morgan fingerprint density at radius 3 is 2.25 bits per heavy atom. The number of rotatable bonds is 22. The summed E-state index contributed by atoms with van der Waals surface area (Å²) in [6, 6.07) is 9.58. The molecule has 3 heterocycles. The molecule has 2 aliphatic rings. The van der Waals surface area contributed by atoms with E-state index in [0.717, 1.165) is 42.9 Å². The number of pyridine rings is 1. The number of aromatic nitrogens is 1. The van der Waals surface area contributed by atoms with Crippen LogP contribution in [0.3, 0.4) is 0 Å². The molecule has 0 saturated carbocycles.